The van der Waals surface area contributed by atoms with Crippen molar-refractivity contribution in [3.63, 3.8) is 0 Å². The molecule has 0 radical (unpaired) electrons. The number of halogens is 7. The summed E-state index contributed by atoms with van der Waals surface area (Å²) in [6.07, 6.45) is -9.71. The number of hydrogen-bond acceptors (Lipinski definition) is 4. The minimum absolute atomic E-state index is 0.111. The van der Waals surface area contributed by atoms with Crippen LogP contribution < -0.4 is 15.4 Å². The first-order valence-electron chi connectivity index (χ1n) is 10.1. The van der Waals surface area contributed by atoms with E-state index in [1.165, 1.54) is 19.1 Å². The average Bonchev–Trinajstić information content (AvgIpc) is 2.77. The number of piperazine rings is 1. The van der Waals surface area contributed by atoms with Crippen LogP contribution in [0, 0.1) is 5.82 Å². The zero-order chi connectivity index (χ0) is 26.0. The smallest absolute Gasteiger partial charge is 0.436 e. The van der Waals surface area contributed by atoms with Gasteiger partial charge in [0.05, 0.1) is 11.7 Å². The van der Waals surface area contributed by atoms with Crippen LogP contribution in [-0.2, 0) is 11.0 Å². The molecular formula is C21H19F7N4O3. The number of urea groups is 1. The number of amides is 3. The molecule has 1 saturated heterocycles. The highest BCUT2D eigenvalue weighted by atomic mass is 19.4. The normalized spacial score (nSPS) is 17.5. The van der Waals surface area contributed by atoms with Crippen LogP contribution in [0.3, 0.4) is 0 Å². The lowest BCUT2D eigenvalue weighted by Crippen LogP contribution is -2.58. The topological polar surface area (TPSA) is 83.6 Å². The standard InChI is InChI=1S/C21H19F7N4O3/c1-11-18(33)29-8-9-32(11)19(34)31-16(15-7-6-14(22)17(30-15)21(26,27)28)12-2-4-13(5-3-12)35-10-20(23,24)25/h2-7,11,16H,8-10H2,1H3,(H,29,33)(H,31,34)/t11-,16?/m1/s1. The second kappa shape index (κ2) is 9.96. The molecule has 1 aromatic heterocycles. The second-order valence-corrected chi connectivity index (χ2v) is 7.58. The van der Waals surface area contributed by atoms with Gasteiger partial charge in [0, 0.05) is 13.1 Å². The molecule has 35 heavy (non-hydrogen) atoms. The molecule has 2 heterocycles. The molecule has 2 atom stereocenters. The van der Waals surface area contributed by atoms with E-state index >= 15 is 0 Å². The summed E-state index contributed by atoms with van der Waals surface area (Å²) in [6.45, 7) is 0.156. The molecule has 3 rings (SSSR count). The van der Waals surface area contributed by atoms with E-state index in [2.05, 4.69) is 20.4 Å². The van der Waals surface area contributed by atoms with Crippen LogP contribution in [0.2, 0.25) is 0 Å². The van der Waals surface area contributed by atoms with Crippen molar-refractivity contribution < 1.29 is 45.1 Å². The van der Waals surface area contributed by atoms with E-state index < -0.39 is 54.5 Å². The fourth-order valence-corrected chi connectivity index (χ4v) is 3.33. The maximum absolute atomic E-state index is 13.8. The Labute approximate surface area is 194 Å². The van der Waals surface area contributed by atoms with Gasteiger partial charge in [0.15, 0.2) is 18.1 Å². The number of hydrogen-bond donors (Lipinski definition) is 2. The fraction of sp³-hybridized carbons (Fsp3) is 0.381. The lowest BCUT2D eigenvalue weighted by Gasteiger charge is -2.34. The summed E-state index contributed by atoms with van der Waals surface area (Å²) in [5.41, 5.74) is -2.06. The van der Waals surface area contributed by atoms with Crippen molar-refractivity contribution in [1.82, 2.24) is 20.5 Å². The predicted octanol–water partition coefficient (Wildman–Crippen LogP) is 3.80. The number of alkyl halides is 6. The third-order valence-corrected chi connectivity index (χ3v) is 5.08. The number of nitrogens with one attached hydrogen (secondary N) is 2. The van der Waals surface area contributed by atoms with Gasteiger partial charge in [0.25, 0.3) is 0 Å². The maximum atomic E-state index is 13.8. The summed E-state index contributed by atoms with van der Waals surface area (Å²) in [4.78, 5) is 29.3. The van der Waals surface area contributed by atoms with Crippen molar-refractivity contribution >= 4 is 11.9 Å². The summed E-state index contributed by atoms with van der Waals surface area (Å²) >= 11 is 0. The number of ether oxygens (including phenoxy) is 1. The zero-order valence-corrected chi connectivity index (χ0v) is 18.0. The van der Waals surface area contributed by atoms with Crippen LogP contribution >= 0.6 is 0 Å². The molecule has 1 aliphatic rings. The van der Waals surface area contributed by atoms with Crippen molar-refractivity contribution in [2.24, 2.45) is 0 Å². The summed E-state index contributed by atoms with van der Waals surface area (Å²) in [5, 5.41) is 5.04. The van der Waals surface area contributed by atoms with Gasteiger partial charge in [0.2, 0.25) is 5.91 Å². The van der Waals surface area contributed by atoms with Crippen LogP contribution in [0.15, 0.2) is 36.4 Å². The van der Waals surface area contributed by atoms with Crippen LogP contribution in [0.1, 0.15) is 29.9 Å². The van der Waals surface area contributed by atoms with Crippen LogP contribution in [0.5, 0.6) is 5.75 Å². The highest BCUT2D eigenvalue weighted by Crippen LogP contribution is 2.32. The van der Waals surface area contributed by atoms with Gasteiger partial charge in [-0.25, -0.2) is 14.2 Å². The molecule has 0 aliphatic carbocycles. The molecule has 190 valence electrons. The summed E-state index contributed by atoms with van der Waals surface area (Å²) in [6, 6.07) is 3.14. The first-order chi connectivity index (χ1) is 16.3. The molecule has 3 amide bonds. The molecule has 0 bridgehead atoms. The van der Waals surface area contributed by atoms with Gasteiger partial charge in [-0.2, -0.15) is 26.3 Å². The van der Waals surface area contributed by atoms with E-state index in [0.29, 0.717) is 6.07 Å². The molecule has 1 unspecified atom stereocenters. The zero-order valence-electron chi connectivity index (χ0n) is 18.0. The van der Waals surface area contributed by atoms with Gasteiger partial charge >= 0.3 is 18.4 Å². The highest BCUT2D eigenvalue weighted by Gasteiger charge is 2.38. The van der Waals surface area contributed by atoms with E-state index in [1.54, 1.807) is 0 Å². The lowest BCUT2D eigenvalue weighted by molar-refractivity contribution is -0.153. The van der Waals surface area contributed by atoms with Gasteiger partial charge < -0.3 is 20.3 Å². The number of carbonyl (C=O) groups excluding carboxylic acids is 2. The number of aromatic nitrogens is 1. The Bertz CT molecular complexity index is 1070. The van der Waals surface area contributed by atoms with Gasteiger partial charge in [-0.15, -0.1) is 0 Å². The Morgan fingerprint density at radius 2 is 1.83 bits per heavy atom. The second-order valence-electron chi connectivity index (χ2n) is 7.58. The van der Waals surface area contributed by atoms with Crippen LogP contribution in [0.25, 0.3) is 0 Å². The van der Waals surface area contributed by atoms with E-state index in [-0.39, 0.29) is 30.1 Å². The van der Waals surface area contributed by atoms with Crippen molar-refractivity contribution in [2.75, 3.05) is 19.7 Å². The van der Waals surface area contributed by atoms with Crippen molar-refractivity contribution in [3.05, 3.63) is 59.2 Å². The van der Waals surface area contributed by atoms with Crippen molar-refractivity contribution in [3.8, 4) is 5.75 Å². The number of rotatable bonds is 5. The number of pyridine rings is 1. The van der Waals surface area contributed by atoms with Gasteiger partial charge in [-0.3, -0.25) is 4.79 Å². The summed E-state index contributed by atoms with van der Waals surface area (Å²) < 4.78 is 95.2. The lowest BCUT2D eigenvalue weighted by atomic mass is 10.0. The molecule has 2 N–H and O–H groups in total. The minimum atomic E-state index is -5.12. The average molecular weight is 508 g/mol. The summed E-state index contributed by atoms with van der Waals surface area (Å²) in [7, 11) is 0. The Morgan fingerprint density at radius 1 is 1.17 bits per heavy atom. The molecule has 1 aromatic carbocycles. The van der Waals surface area contributed by atoms with Gasteiger partial charge in [0.1, 0.15) is 11.8 Å². The number of benzene rings is 1. The SMILES string of the molecule is C[C@@H]1C(=O)NCCN1C(=O)NC(c1ccc(OCC(F)(F)F)cc1)c1ccc(F)c(C(F)(F)F)n1. The Hall–Kier alpha value is -3.58. The molecule has 2 aromatic rings. The van der Waals surface area contributed by atoms with Gasteiger partial charge in [-0.1, -0.05) is 12.1 Å². The summed E-state index contributed by atoms with van der Waals surface area (Å²) in [5.74, 6) is -2.24. The molecule has 0 saturated carbocycles. The monoisotopic (exact) mass is 508 g/mol. The molecule has 1 fully saturated rings. The van der Waals surface area contributed by atoms with Crippen LogP contribution in [-0.4, -0.2) is 53.7 Å². The first-order valence-corrected chi connectivity index (χ1v) is 10.1. The molecule has 0 spiro atoms. The number of nitrogens with zero attached hydrogens (tertiary/aromatic N) is 2. The Morgan fingerprint density at radius 3 is 2.43 bits per heavy atom. The van der Waals surface area contributed by atoms with Crippen molar-refractivity contribution in [1.29, 1.82) is 0 Å². The molecule has 7 nitrogen and oxygen atoms in total. The van der Waals surface area contributed by atoms with Crippen LogP contribution in [0.4, 0.5) is 35.5 Å². The predicted molar refractivity (Wildman–Crippen MR) is 107 cm³/mol. The Kier molecular flexibility index (Phi) is 7.41. The third kappa shape index (κ3) is 6.51. The Balaban J connectivity index is 1.95. The molecular weight excluding hydrogens is 489 g/mol. The van der Waals surface area contributed by atoms with E-state index in [1.807, 2.05) is 0 Å². The highest BCUT2D eigenvalue weighted by molar-refractivity contribution is 5.88. The quantitative estimate of drug-likeness (QED) is 0.602. The van der Waals surface area contributed by atoms with Crippen molar-refractivity contribution in [2.45, 2.75) is 31.4 Å². The van der Waals surface area contributed by atoms with E-state index in [9.17, 15) is 40.3 Å². The maximum Gasteiger partial charge on any atom is 0.436 e. The first kappa shape index (κ1) is 26.0. The third-order valence-electron chi connectivity index (χ3n) is 5.08. The van der Waals surface area contributed by atoms with E-state index in [0.717, 1.165) is 23.1 Å². The largest absolute Gasteiger partial charge is 0.484 e. The molecule has 14 heteroatoms. The number of carbonyl (C=O) groups is 2. The van der Waals surface area contributed by atoms with Gasteiger partial charge in [-0.05, 0) is 36.8 Å². The molecule has 1 aliphatic heterocycles. The minimum Gasteiger partial charge on any atom is -0.484 e. The fourth-order valence-electron chi connectivity index (χ4n) is 3.33. The van der Waals surface area contributed by atoms with E-state index in [4.69, 9.17) is 0 Å².